The summed E-state index contributed by atoms with van der Waals surface area (Å²) in [6.45, 7) is 5.93. The zero-order chi connectivity index (χ0) is 25.6. The lowest BCUT2D eigenvalue weighted by molar-refractivity contribution is -0.160. The number of pyridine rings is 1. The first kappa shape index (κ1) is 25.0. The molecule has 3 amide bonds. The lowest BCUT2D eigenvalue weighted by Crippen LogP contribution is -2.43. The van der Waals surface area contributed by atoms with Gasteiger partial charge in [0, 0.05) is 25.9 Å². The Labute approximate surface area is 202 Å². The van der Waals surface area contributed by atoms with Crippen LogP contribution in [-0.2, 0) is 21.5 Å². The highest BCUT2D eigenvalue weighted by Crippen LogP contribution is 2.59. The number of imide groups is 1. The minimum absolute atomic E-state index is 0.0276. The average molecular weight is 491 g/mol. The molecule has 0 radical (unpaired) electrons. The lowest BCUT2D eigenvalue weighted by Gasteiger charge is -2.28. The van der Waals surface area contributed by atoms with E-state index in [0.717, 1.165) is 10.5 Å². The Balaban J connectivity index is 1.54. The van der Waals surface area contributed by atoms with Crippen molar-refractivity contribution in [3.05, 3.63) is 53.7 Å². The van der Waals surface area contributed by atoms with Crippen molar-refractivity contribution in [1.29, 1.82) is 0 Å². The summed E-state index contributed by atoms with van der Waals surface area (Å²) in [4.78, 5) is 33.4. The summed E-state index contributed by atoms with van der Waals surface area (Å²) in [6, 6.07) is 8.66. The summed E-state index contributed by atoms with van der Waals surface area (Å²) in [7, 11) is 1.61. The number of aromatic nitrogens is 1. The van der Waals surface area contributed by atoms with Crippen LogP contribution in [0.2, 0.25) is 0 Å². The number of amides is 3. The second-order valence-corrected chi connectivity index (χ2v) is 9.75. The first-order valence-electron chi connectivity index (χ1n) is 11.4. The molecule has 1 saturated carbocycles. The number of methoxy groups -OCH3 is 1. The number of nitrogens with zero attached hydrogens (tertiary/aromatic N) is 3. The van der Waals surface area contributed by atoms with Gasteiger partial charge in [-0.1, -0.05) is 12.1 Å². The van der Waals surface area contributed by atoms with E-state index in [1.54, 1.807) is 33.2 Å². The predicted molar refractivity (Wildman–Crippen MR) is 125 cm³/mol. The van der Waals surface area contributed by atoms with Gasteiger partial charge in [-0.2, -0.15) is 13.2 Å². The number of halogens is 3. The van der Waals surface area contributed by atoms with Crippen LogP contribution in [0.4, 0.5) is 29.5 Å². The number of alkyl halides is 3. The van der Waals surface area contributed by atoms with Crippen LogP contribution in [0.1, 0.15) is 44.7 Å². The van der Waals surface area contributed by atoms with Crippen molar-refractivity contribution in [2.24, 2.45) is 0 Å². The summed E-state index contributed by atoms with van der Waals surface area (Å²) >= 11 is 0. The Hall–Kier alpha value is -3.14. The van der Waals surface area contributed by atoms with Crippen LogP contribution in [0, 0.1) is 0 Å². The third-order valence-electron chi connectivity index (χ3n) is 6.77. The highest BCUT2D eigenvalue weighted by atomic mass is 19.4. The smallest absolute Gasteiger partial charge is 0.383 e. The summed E-state index contributed by atoms with van der Waals surface area (Å²) < 4.78 is 45.5. The number of hydrogen-bond donors (Lipinski definition) is 1. The fourth-order valence-electron chi connectivity index (χ4n) is 4.50. The van der Waals surface area contributed by atoms with Crippen molar-refractivity contribution in [3.63, 3.8) is 0 Å². The fraction of sp³-hybridized carbons (Fsp3) is 0.480. The van der Waals surface area contributed by atoms with E-state index < -0.39 is 29.1 Å². The van der Waals surface area contributed by atoms with E-state index in [1.165, 1.54) is 29.2 Å². The summed E-state index contributed by atoms with van der Waals surface area (Å²) in [5, 5.41) is 3.22. The van der Waals surface area contributed by atoms with Gasteiger partial charge in [-0.15, -0.1) is 0 Å². The topological polar surface area (TPSA) is 74.8 Å². The molecule has 1 N–H and O–H groups in total. The third kappa shape index (κ3) is 4.47. The summed E-state index contributed by atoms with van der Waals surface area (Å²) in [6.07, 6.45) is -2.61. The second-order valence-electron chi connectivity index (χ2n) is 9.75. The van der Waals surface area contributed by atoms with Gasteiger partial charge >= 0.3 is 12.2 Å². The SMILES string of the molecule is COC[C@H](C)Nc1cc(CN2C(=O)N(c3ccc(C4(C(F)(F)F)CC4)cc3)C(=O)C2(C)C)ccn1. The molecule has 7 nitrogen and oxygen atoms in total. The minimum Gasteiger partial charge on any atom is -0.383 e. The van der Waals surface area contributed by atoms with E-state index >= 15 is 0 Å². The van der Waals surface area contributed by atoms with Crippen LogP contribution in [0.3, 0.4) is 0 Å². The first-order valence-corrected chi connectivity index (χ1v) is 11.4. The van der Waals surface area contributed by atoms with Crippen molar-refractivity contribution in [2.45, 2.75) is 63.3 Å². The molecule has 1 aliphatic heterocycles. The van der Waals surface area contributed by atoms with Crippen LogP contribution in [0.25, 0.3) is 0 Å². The van der Waals surface area contributed by atoms with Crippen molar-refractivity contribution in [1.82, 2.24) is 9.88 Å². The van der Waals surface area contributed by atoms with Gasteiger partial charge in [0.05, 0.1) is 17.7 Å². The van der Waals surface area contributed by atoms with Gasteiger partial charge in [-0.05, 0) is 69.0 Å². The first-order chi connectivity index (χ1) is 16.4. The molecule has 35 heavy (non-hydrogen) atoms. The van der Waals surface area contributed by atoms with Gasteiger partial charge in [0.15, 0.2) is 0 Å². The van der Waals surface area contributed by atoms with Crippen molar-refractivity contribution in [2.75, 3.05) is 23.9 Å². The number of ether oxygens (including phenoxy) is 1. The van der Waals surface area contributed by atoms with Gasteiger partial charge in [-0.25, -0.2) is 14.7 Å². The van der Waals surface area contributed by atoms with E-state index in [-0.39, 0.29) is 36.7 Å². The molecular weight excluding hydrogens is 461 g/mol. The molecule has 1 saturated heterocycles. The monoisotopic (exact) mass is 490 g/mol. The predicted octanol–water partition coefficient (Wildman–Crippen LogP) is 4.87. The van der Waals surface area contributed by atoms with E-state index in [9.17, 15) is 22.8 Å². The second kappa shape index (κ2) is 8.82. The molecule has 10 heteroatoms. The van der Waals surface area contributed by atoms with Crippen LogP contribution in [0.5, 0.6) is 0 Å². The number of anilines is 2. The van der Waals surface area contributed by atoms with Crippen molar-refractivity contribution < 1.29 is 27.5 Å². The van der Waals surface area contributed by atoms with Gasteiger partial charge in [-0.3, -0.25) is 4.79 Å². The highest BCUT2D eigenvalue weighted by Gasteiger charge is 2.64. The van der Waals surface area contributed by atoms with Gasteiger partial charge in [0.25, 0.3) is 5.91 Å². The van der Waals surface area contributed by atoms with E-state index in [0.29, 0.717) is 12.4 Å². The van der Waals surface area contributed by atoms with E-state index in [1.807, 2.05) is 13.0 Å². The molecular formula is C25H29F3N4O3. The number of rotatable bonds is 8. The average Bonchev–Trinajstić information content (AvgIpc) is 3.58. The maximum atomic E-state index is 13.5. The fourth-order valence-corrected chi connectivity index (χ4v) is 4.50. The zero-order valence-electron chi connectivity index (χ0n) is 20.1. The maximum Gasteiger partial charge on any atom is 0.398 e. The zero-order valence-corrected chi connectivity index (χ0v) is 20.1. The third-order valence-corrected chi connectivity index (χ3v) is 6.77. The molecule has 188 valence electrons. The molecule has 2 aromatic rings. The molecule has 2 heterocycles. The summed E-state index contributed by atoms with van der Waals surface area (Å²) in [5.74, 6) is 0.183. The number of nitrogens with one attached hydrogen (secondary N) is 1. The number of urea groups is 1. The van der Waals surface area contributed by atoms with Gasteiger partial charge < -0.3 is 15.0 Å². The molecule has 1 aromatic heterocycles. The molecule has 1 aliphatic carbocycles. The van der Waals surface area contributed by atoms with Crippen LogP contribution in [0.15, 0.2) is 42.6 Å². The highest BCUT2D eigenvalue weighted by molar-refractivity contribution is 6.22. The largest absolute Gasteiger partial charge is 0.398 e. The molecule has 2 aliphatic rings. The Kier molecular flexibility index (Phi) is 6.29. The Morgan fingerprint density at radius 2 is 1.80 bits per heavy atom. The lowest BCUT2D eigenvalue weighted by atomic mass is 9.95. The van der Waals surface area contributed by atoms with Crippen LogP contribution < -0.4 is 10.2 Å². The molecule has 0 bridgehead atoms. The van der Waals surface area contributed by atoms with Crippen molar-refractivity contribution >= 4 is 23.4 Å². The van der Waals surface area contributed by atoms with E-state index in [2.05, 4.69) is 10.3 Å². The van der Waals surface area contributed by atoms with E-state index in [4.69, 9.17) is 4.74 Å². The number of benzene rings is 1. The molecule has 2 fully saturated rings. The number of hydrogen-bond acceptors (Lipinski definition) is 5. The number of carbonyl (C=O) groups is 2. The van der Waals surface area contributed by atoms with Gasteiger partial charge in [0.2, 0.25) is 0 Å². The quantitative estimate of drug-likeness (QED) is 0.535. The Morgan fingerprint density at radius 1 is 1.14 bits per heavy atom. The van der Waals surface area contributed by atoms with Crippen LogP contribution >= 0.6 is 0 Å². The maximum absolute atomic E-state index is 13.5. The van der Waals surface area contributed by atoms with Gasteiger partial charge in [0.1, 0.15) is 11.4 Å². The summed E-state index contributed by atoms with van der Waals surface area (Å²) in [5.41, 5.74) is -1.77. The molecule has 1 atom stereocenters. The standard InChI is InChI=1S/C25H29F3N4O3/c1-16(15-35-4)30-20-13-17(9-12-29-20)14-31-22(34)32(21(33)23(31,2)3)19-7-5-18(6-8-19)24(10-11-24)25(26,27)28/h5-9,12-13,16H,10-11,14-15H2,1-4H3,(H,29,30)/t16-/m0/s1. The van der Waals surface area contributed by atoms with Crippen LogP contribution in [-0.4, -0.2) is 53.3 Å². The normalized spacial score (nSPS) is 19.7. The Morgan fingerprint density at radius 3 is 2.37 bits per heavy atom. The minimum atomic E-state index is -4.33. The van der Waals surface area contributed by atoms with Crippen molar-refractivity contribution in [3.8, 4) is 0 Å². The Bertz CT molecular complexity index is 1110. The molecule has 1 aromatic carbocycles. The number of carbonyl (C=O) groups excluding carboxylic acids is 2. The molecule has 4 rings (SSSR count). The molecule has 0 unspecified atom stereocenters. The molecule has 0 spiro atoms.